The third kappa shape index (κ3) is 3.28. The van der Waals surface area contributed by atoms with Crippen LogP contribution in [0.15, 0.2) is 27.6 Å². The quantitative estimate of drug-likeness (QED) is 0.866. The predicted octanol–water partition coefficient (Wildman–Crippen LogP) is 1.47. The molecule has 0 saturated carbocycles. The van der Waals surface area contributed by atoms with E-state index in [4.69, 9.17) is 0 Å². The maximum Gasteiger partial charge on any atom is 0.241 e. The molecule has 2 N–H and O–H groups in total. The van der Waals surface area contributed by atoms with Gasteiger partial charge in [0.25, 0.3) is 0 Å². The molecule has 0 aliphatic rings. The van der Waals surface area contributed by atoms with Crippen LogP contribution in [0.3, 0.4) is 0 Å². The summed E-state index contributed by atoms with van der Waals surface area (Å²) in [7, 11) is -1.55. The first kappa shape index (κ1) is 13.6. The number of sulfonamides is 1. The zero-order chi connectivity index (χ0) is 12.2. The summed E-state index contributed by atoms with van der Waals surface area (Å²) < 4.78 is 26.6. The summed E-state index contributed by atoms with van der Waals surface area (Å²) in [5.74, 6) is 0. The van der Waals surface area contributed by atoms with Gasteiger partial charge in [0.2, 0.25) is 10.0 Å². The first-order chi connectivity index (χ1) is 7.51. The summed E-state index contributed by atoms with van der Waals surface area (Å²) in [6.45, 7) is 2.84. The van der Waals surface area contributed by atoms with Crippen LogP contribution in [0.5, 0.6) is 0 Å². The second-order valence-electron chi connectivity index (χ2n) is 3.30. The lowest BCUT2D eigenvalue weighted by Crippen LogP contribution is -2.23. The fraction of sp³-hybridized carbons (Fsp3) is 0.400. The summed E-state index contributed by atoms with van der Waals surface area (Å²) in [6, 6.07) is 5.21. The molecule has 6 heteroatoms. The normalized spacial score (nSPS) is 11.7. The van der Waals surface area contributed by atoms with Gasteiger partial charge in [-0.05, 0) is 40.7 Å². The lowest BCUT2D eigenvalue weighted by atomic mass is 10.2. The van der Waals surface area contributed by atoms with Crippen molar-refractivity contribution in [1.29, 1.82) is 0 Å². The standard InChI is InChI=1S/C10H15BrN2O2S/c1-3-13-16(14,15)10-5-4-8(7-12-2)6-9(10)11/h4-6,12-13H,3,7H2,1-2H3. The SMILES string of the molecule is CCNS(=O)(=O)c1ccc(CNC)cc1Br. The molecule has 4 nitrogen and oxygen atoms in total. The summed E-state index contributed by atoms with van der Waals surface area (Å²) >= 11 is 3.28. The zero-order valence-electron chi connectivity index (χ0n) is 9.25. The minimum absolute atomic E-state index is 0.272. The maximum atomic E-state index is 11.8. The molecule has 0 unspecified atom stereocenters. The number of benzene rings is 1. The molecule has 16 heavy (non-hydrogen) atoms. The zero-order valence-corrected chi connectivity index (χ0v) is 11.7. The van der Waals surface area contributed by atoms with Crippen LogP contribution in [0, 0.1) is 0 Å². The number of hydrogen-bond acceptors (Lipinski definition) is 3. The lowest BCUT2D eigenvalue weighted by Gasteiger charge is -2.08. The van der Waals surface area contributed by atoms with Crippen molar-refractivity contribution in [3.8, 4) is 0 Å². The minimum Gasteiger partial charge on any atom is -0.316 e. The molecule has 0 radical (unpaired) electrons. The smallest absolute Gasteiger partial charge is 0.241 e. The van der Waals surface area contributed by atoms with E-state index in [1.807, 2.05) is 7.05 Å². The van der Waals surface area contributed by atoms with E-state index in [0.717, 1.165) is 5.56 Å². The topological polar surface area (TPSA) is 58.2 Å². The summed E-state index contributed by atoms with van der Waals surface area (Å²) in [4.78, 5) is 0.272. The van der Waals surface area contributed by atoms with Gasteiger partial charge in [-0.25, -0.2) is 13.1 Å². The van der Waals surface area contributed by atoms with Gasteiger partial charge in [-0.2, -0.15) is 0 Å². The summed E-state index contributed by atoms with van der Waals surface area (Å²) in [6.07, 6.45) is 0. The van der Waals surface area contributed by atoms with E-state index in [9.17, 15) is 8.42 Å². The molecule has 0 heterocycles. The predicted molar refractivity (Wildman–Crippen MR) is 67.8 cm³/mol. The average Bonchev–Trinajstić information content (AvgIpc) is 2.17. The largest absolute Gasteiger partial charge is 0.316 e. The first-order valence-corrected chi connectivity index (χ1v) is 7.21. The third-order valence-electron chi connectivity index (χ3n) is 2.00. The Kier molecular flexibility index (Phi) is 4.91. The fourth-order valence-corrected chi connectivity index (χ4v) is 3.51. The van der Waals surface area contributed by atoms with E-state index < -0.39 is 10.0 Å². The highest BCUT2D eigenvalue weighted by molar-refractivity contribution is 9.10. The highest BCUT2D eigenvalue weighted by Crippen LogP contribution is 2.23. The molecular formula is C10H15BrN2O2S. The molecule has 0 amide bonds. The van der Waals surface area contributed by atoms with E-state index in [2.05, 4.69) is 26.0 Å². The van der Waals surface area contributed by atoms with Crippen LogP contribution < -0.4 is 10.0 Å². The molecule has 90 valence electrons. The monoisotopic (exact) mass is 306 g/mol. The molecule has 0 bridgehead atoms. The first-order valence-electron chi connectivity index (χ1n) is 4.94. The Morgan fingerprint density at radius 2 is 2.06 bits per heavy atom. The lowest BCUT2D eigenvalue weighted by molar-refractivity contribution is 0.583. The molecule has 0 fully saturated rings. The van der Waals surface area contributed by atoms with Crippen molar-refractivity contribution < 1.29 is 8.42 Å². The number of rotatable bonds is 5. The Bertz CT molecular complexity index is 460. The van der Waals surface area contributed by atoms with Crippen molar-refractivity contribution in [3.63, 3.8) is 0 Å². The van der Waals surface area contributed by atoms with Crippen LogP contribution in [-0.2, 0) is 16.6 Å². The maximum absolute atomic E-state index is 11.8. The van der Waals surface area contributed by atoms with E-state index >= 15 is 0 Å². The summed E-state index contributed by atoms with van der Waals surface area (Å²) in [5.41, 5.74) is 1.03. The van der Waals surface area contributed by atoms with Crippen LogP contribution in [0.1, 0.15) is 12.5 Å². The fourth-order valence-electron chi connectivity index (χ4n) is 1.34. The van der Waals surface area contributed by atoms with Gasteiger partial charge >= 0.3 is 0 Å². The number of hydrogen-bond donors (Lipinski definition) is 2. The van der Waals surface area contributed by atoms with E-state index in [0.29, 0.717) is 17.6 Å². The highest BCUT2D eigenvalue weighted by Gasteiger charge is 2.16. The van der Waals surface area contributed by atoms with Gasteiger partial charge in [-0.15, -0.1) is 0 Å². The van der Waals surface area contributed by atoms with E-state index in [-0.39, 0.29) is 4.90 Å². The van der Waals surface area contributed by atoms with Crippen LogP contribution >= 0.6 is 15.9 Å². The van der Waals surface area contributed by atoms with Gasteiger partial charge in [0.05, 0.1) is 4.90 Å². The van der Waals surface area contributed by atoms with Gasteiger partial charge in [-0.1, -0.05) is 13.0 Å². The minimum atomic E-state index is -3.39. The van der Waals surface area contributed by atoms with Gasteiger partial charge in [-0.3, -0.25) is 0 Å². The number of halogens is 1. The van der Waals surface area contributed by atoms with Crippen molar-refractivity contribution in [2.45, 2.75) is 18.4 Å². The van der Waals surface area contributed by atoms with E-state index in [1.165, 1.54) is 0 Å². The van der Waals surface area contributed by atoms with E-state index in [1.54, 1.807) is 25.1 Å². The van der Waals surface area contributed by atoms with Crippen molar-refractivity contribution in [3.05, 3.63) is 28.2 Å². The second kappa shape index (κ2) is 5.77. The molecule has 0 aliphatic carbocycles. The van der Waals surface area contributed by atoms with Crippen molar-refractivity contribution >= 4 is 26.0 Å². The molecule has 0 aliphatic heterocycles. The Balaban J connectivity index is 3.08. The molecule has 1 rings (SSSR count). The van der Waals surface area contributed by atoms with Crippen LogP contribution in [-0.4, -0.2) is 22.0 Å². The summed E-state index contributed by atoms with van der Waals surface area (Å²) in [5, 5.41) is 3.01. The Hall–Kier alpha value is -0.430. The van der Waals surface area contributed by atoms with Gasteiger partial charge < -0.3 is 5.32 Å². The molecule has 1 aromatic rings. The Labute approximate surface area is 105 Å². The molecular weight excluding hydrogens is 292 g/mol. The van der Waals surface area contributed by atoms with Gasteiger partial charge in [0.1, 0.15) is 0 Å². The Morgan fingerprint density at radius 3 is 2.56 bits per heavy atom. The van der Waals surface area contributed by atoms with Crippen molar-refractivity contribution in [1.82, 2.24) is 10.0 Å². The molecule has 0 atom stereocenters. The van der Waals surface area contributed by atoms with Gasteiger partial charge in [0, 0.05) is 17.6 Å². The molecule has 0 spiro atoms. The Morgan fingerprint density at radius 1 is 1.38 bits per heavy atom. The van der Waals surface area contributed by atoms with Crippen LogP contribution in [0.25, 0.3) is 0 Å². The molecule has 0 aromatic heterocycles. The second-order valence-corrected chi connectivity index (χ2v) is 5.89. The molecule has 1 aromatic carbocycles. The van der Waals surface area contributed by atoms with Crippen LogP contribution in [0.2, 0.25) is 0 Å². The van der Waals surface area contributed by atoms with Crippen molar-refractivity contribution in [2.75, 3.05) is 13.6 Å². The van der Waals surface area contributed by atoms with Crippen molar-refractivity contribution in [2.24, 2.45) is 0 Å². The number of nitrogens with one attached hydrogen (secondary N) is 2. The average molecular weight is 307 g/mol. The highest BCUT2D eigenvalue weighted by atomic mass is 79.9. The van der Waals surface area contributed by atoms with Crippen LogP contribution in [0.4, 0.5) is 0 Å². The molecule has 0 saturated heterocycles. The third-order valence-corrected chi connectivity index (χ3v) is 4.52. The van der Waals surface area contributed by atoms with Gasteiger partial charge in [0.15, 0.2) is 0 Å².